The summed E-state index contributed by atoms with van der Waals surface area (Å²) >= 11 is 0. The zero-order valence-electron chi connectivity index (χ0n) is 12.9. The number of aromatic nitrogens is 2. The molecule has 0 saturated heterocycles. The normalized spacial score (nSPS) is 10.0. The Morgan fingerprint density at radius 2 is 1.64 bits per heavy atom. The molecule has 2 aromatic rings. The van der Waals surface area contributed by atoms with E-state index in [1.165, 1.54) is 7.11 Å². The Labute approximate surface area is 128 Å². The highest BCUT2D eigenvalue weighted by Gasteiger charge is 2.13. The van der Waals surface area contributed by atoms with Gasteiger partial charge in [0, 0.05) is 0 Å². The molecule has 0 spiro atoms. The number of aryl methyl sites for hydroxylation is 2. The predicted molar refractivity (Wildman–Crippen MR) is 83.7 cm³/mol. The molecule has 0 aliphatic heterocycles. The number of hydrogen-bond donors (Lipinski definition) is 2. The van der Waals surface area contributed by atoms with E-state index in [-0.39, 0.29) is 6.01 Å². The summed E-state index contributed by atoms with van der Waals surface area (Å²) < 4.78 is 10.2. The molecule has 0 aliphatic rings. The predicted octanol–water partition coefficient (Wildman–Crippen LogP) is 2.75. The molecule has 1 heterocycles. The minimum absolute atomic E-state index is 0.269. The minimum atomic E-state index is -0.399. The third-order valence-electron chi connectivity index (χ3n) is 3.03. The van der Waals surface area contributed by atoms with Gasteiger partial charge < -0.3 is 20.1 Å². The van der Waals surface area contributed by atoms with Crippen molar-refractivity contribution < 1.29 is 14.3 Å². The number of carbonyl (C=O) groups excluding carboxylic acids is 1. The number of nitrogens with one attached hydrogen (secondary N) is 2. The van der Waals surface area contributed by atoms with Gasteiger partial charge in [0.15, 0.2) is 0 Å². The molecule has 2 amide bonds. The maximum absolute atomic E-state index is 12.1. The number of amides is 2. The van der Waals surface area contributed by atoms with Crippen LogP contribution in [0.1, 0.15) is 11.4 Å². The van der Waals surface area contributed by atoms with E-state index < -0.39 is 6.03 Å². The third-order valence-corrected chi connectivity index (χ3v) is 3.03. The Balaban J connectivity index is 2.16. The first-order valence-electron chi connectivity index (χ1n) is 6.65. The first kappa shape index (κ1) is 15.6. The van der Waals surface area contributed by atoms with Crippen LogP contribution in [0, 0.1) is 13.8 Å². The number of carbonyl (C=O) groups is 1. The van der Waals surface area contributed by atoms with Crippen LogP contribution >= 0.6 is 0 Å². The van der Waals surface area contributed by atoms with Gasteiger partial charge in [-0.3, -0.25) is 0 Å². The fourth-order valence-electron chi connectivity index (χ4n) is 1.97. The third kappa shape index (κ3) is 3.43. The lowest BCUT2D eigenvalue weighted by Crippen LogP contribution is -2.21. The van der Waals surface area contributed by atoms with E-state index in [4.69, 9.17) is 9.47 Å². The van der Waals surface area contributed by atoms with Crippen LogP contribution in [0.5, 0.6) is 11.8 Å². The summed E-state index contributed by atoms with van der Waals surface area (Å²) in [7, 11) is 3.04. The molecule has 1 aromatic heterocycles. The highest BCUT2D eigenvalue weighted by atomic mass is 16.5. The lowest BCUT2D eigenvalue weighted by molar-refractivity contribution is 0.262. The first-order chi connectivity index (χ1) is 10.5. The van der Waals surface area contributed by atoms with Crippen LogP contribution < -0.4 is 20.1 Å². The number of anilines is 2. The van der Waals surface area contributed by atoms with Crippen molar-refractivity contribution >= 4 is 17.4 Å². The molecule has 7 heteroatoms. The number of rotatable bonds is 4. The molecule has 0 saturated carbocycles. The quantitative estimate of drug-likeness (QED) is 0.907. The second-order valence-corrected chi connectivity index (χ2v) is 4.54. The molecule has 0 unspecified atom stereocenters. The Morgan fingerprint density at radius 3 is 2.23 bits per heavy atom. The SMILES string of the molecule is COc1nc(C)c(NC(=O)Nc2ccccc2OC)c(C)n1. The number of benzene rings is 1. The van der Waals surface area contributed by atoms with Crippen LogP contribution in [0.15, 0.2) is 24.3 Å². The van der Waals surface area contributed by atoms with Crippen LogP contribution in [0.2, 0.25) is 0 Å². The zero-order valence-corrected chi connectivity index (χ0v) is 12.9. The van der Waals surface area contributed by atoms with Gasteiger partial charge in [-0.15, -0.1) is 0 Å². The summed E-state index contributed by atoms with van der Waals surface area (Å²) in [6, 6.07) is 7.03. The van der Waals surface area contributed by atoms with Crippen molar-refractivity contribution in [1.29, 1.82) is 0 Å². The highest BCUT2D eigenvalue weighted by molar-refractivity contribution is 6.01. The molecular formula is C15H18N4O3. The fourth-order valence-corrected chi connectivity index (χ4v) is 1.97. The molecule has 22 heavy (non-hydrogen) atoms. The van der Waals surface area contributed by atoms with E-state index in [1.807, 2.05) is 12.1 Å². The number of methoxy groups -OCH3 is 2. The van der Waals surface area contributed by atoms with E-state index >= 15 is 0 Å². The molecule has 0 aliphatic carbocycles. The first-order valence-corrected chi connectivity index (χ1v) is 6.65. The molecule has 7 nitrogen and oxygen atoms in total. The van der Waals surface area contributed by atoms with Crippen LogP contribution in [0.3, 0.4) is 0 Å². The van der Waals surface area contributed by atoms with Gasteiger partial charge in [0.05, 0.1) is 37.0 Å². The zero-order chi connectivity index (χ0) is 16.1. The van der Waals surface area contributed by atoms with E-state index in [2.05, 4.69) is 20.6 Å². The van der Waals surface area contributed by atoms with E-state index in [9.17, 15) is 4.79 Å². The van der Waals surface area contributed by atoms with Gasteiger partial charge in [-0.2, -0.15) is 9.97 Å². The lowest BCUT2D eigenvalue weighted by Gasteiger charge is -2.13. The maximum atomic E-state index is 12.1. The lowest BCUT2D eigenvalue weighted by atomic mass is 10.3. The van der Waals surface area contributed by atoms with Gasteiger partial charge in [-0.25, -0.2) is 4.79 Å². The van der Waals surface area contributed by atoms with E-state index in [1.54, 1.807) is 33.1 Å². The van der Waals surface area contributed by atoms with Gasteiger partial charge in [-0.05, 0) is 26.0 Å². The monoisotopic (exact) mass is 302 g/mol. The molecule has 0 bridgehead atoms. The van der Waals surface area contributed by atoms with Crippen molar-refractivity contribution in [3.05, 3.63) is 35.7 Å². The fraction of sp³-hybridized carbons (Fsp3) is 0.267. The number of hydrogen-bond acceptors (Lipinski definition) is 5. The molecule has 0 fully saturated rings. The van der Waals surface area contributed by atoms with Crippen molar-refractivity contribution in [2.75, 3.05) is 24.9 Å². The van der Waals surface area contributed by atoms with E-state index in [0.29, 0.717) is 28.5 Å². The van der Waals surface area contributed by atoms with Crippen LogP contribution in [-0.2, 0) is 0 Å². The molecular weight excluding hydrogens is 284 g/mol. The molecule has 2 N–H and O–H groups in total. The Kier molecular flexibility index (Phi) is 4.77. The van der Waals surface area contributed by atoms with Crippen molar-refractivity contribution in [2.45, 2.75) is 13.8 Å². The summed E-state index contributed by atoms with van der Waals surface area (Å²) in [6.45, 7) is 3.55. The Bertz CT molecular complexity index is 665. The van der Waals surface area contributed by atoms with Gasteiger partial charge in [0.1, 0.15) is 5.75 Å². The van der Waals surface area contributed by atoms with Crippen molar-refractivity contribution in [2.24, 2.45) is 0 Å². The van der Waals surface area contributed by atoms with Crippen LogP contribution in [0.4, 0.5) is 16.2 Å². The van der Waals surface area contributed by atoms with Crippen molar-refractivity contribution in [3.8, 4) is 11.8 Å². The largest absolute Gasteiger partial charge is 0.495 e. The Morgan fingerprint density at radius 1 is 1.00 bits per heavy atom. The molecule has 116 valence electrons. The average Bonchev–Trinajstić information content (AvgIpc) is 2.51. The second-order valence-electron chi connectivity index (χ2n) is 4.54. The Hall–Kier alpha value is -2.83. The van der Waals surface area contributed by atoms with Crippen LogP contribution in [0.25, 0.3) is 0 Å². The summed E-state index contributed by atoms with van der Waals surface area (Å²) in [5.74, 6) is 0.581. The summed E-state index contributed by atoms with van der Waals surface area (Å²) in [4.78, 5) is 20.4. The van der Waals surface area contributed by atoms with Crippen LogP contribution in [-0.4, -0.2) is 30.2 Å². The summed E-state index contributed by atoms with van der Waals surface area (Å²) in [5.41, 5.74) is 2.37. The number of nitrogens with zero attached hydrogens (tertiary/aromatic N) is 2. The molecule has 1 aromatic carbocycles. The average molecular weight is 302 g/mol. The van der Waals surface area contributed by atoms with Crippen molar-refractivity contribution in [3.63, 3.8) is 0 Å². The smallest absolute Gasteiger partial charge is 0.323 e. The number of ether oxygens (including phenoxy) is 2. The number of urea groups is 1. The minimum Gasteiger partial charge on any atom is -0.495 e. The topological polar surface area (TPSA) is 85.4 Å². The van der Waals surface area contributed by atoms with Gasteiger partial charge in [-0.1, -0.05) is 12.1 Å². The summed E-state index contributed by atoms with van der Waals surface area (Å²) in [6.07, 6.45) is 0. The van der Waals surface area contributed by atoms with E-state index in [0.717, 1.165) is 0 Å². The van der Waals surface area contributed by atoms with Gasteiger partial charge >= 0.3 is 12.0 Å². The van der Waals surface area contributed by atoms with Gasteiger partial charge in [0.2, 0.25) is 0 Å². The molecule has 0 atom stereocenters. The maximum Gasteiger partial charge on any atom is 0.323 e. The standard InChI is InChI=1S/C15H18N4O3/c1-9-13(10(2)17-15(16-9)22-4)19-14(20)18-11-7-5-6-8-12(11)21-3/h5-8H,1-4H3,(H2,18,19,20). The molecule has 0 radical (unpaired) electrons. The highest BCUT2D eigenvalue weighted by Crippen LogP contribution is 2.24. The molecule has 2 rings (SSSR count). The summed E-state index contributed by atoms with van der Waals surface area (Å²) in [5, 5.41) is 5.47. The van der Waals surface area contributed by atoms with Crippen molar-refractivity contribution in [1.82, 2.24) is 9.97 Å². The van der Waals surface area contributed by atoms with Gasteiger partial charge in [0.25, 0.3) is 0 Å². The number of para-hydroxylation sites is 2. The second kappa shape index (κ2) is 6.75.